The Balaban J connectivity index is 1.82. The van der Waals surface area contributed by atoms with Crippen molar-refractivity contribution in [1.29, 1.82) is 0 Å². The summed E-state index contributed by atoms with van der Waals surface area (Å²) >= 11 is 0. The van der Waals surface area contributed by atoms with Gasteiger partial charge in [-0.25, -0.2) is 4.79 Å². The summed E-state index contributed by atoms with van der Waals surface area (Å²) in [4.78, 5) is 39.1. The Morgan fingerprint density at radius 1 is 1.11 bits per heavy atom. The van der Waals surface area contributed by atoms with E-state index in [4.69, 9.17) is 5.73 Å². The highest BCUT2D eigenvalue weighted by molar-refractivity contribution is 6.01. The lowest BCUT2D eigenvalue weighted by atomic mass is 10.0. The number of nitrogens with two attached hydrogens (primary N) is 1. The van der Waals surface area contributed by atoms with Crippen LogP contribution < -0.4 is 16.0 Å². The van der Waals surface area contributed by atoms with Crippen LogP contribution in [0.25, 0.3) is 11.1 Å². The molecule has 0 saturated carbocycles. The molecule has 0 aromatic heterocycles. The molecule has 1 saturated heterocycles. The first-order valence-corrected chi connectivity index (χ1v) is 8.75. The highest BCUT2D eigenvalue weighted by Gasteiger charge is 2.33. The molecule has 2 aromatic carbocycles. The van der Waals surface area contributed by atoms with Crippen LogP contribution in [0.4, 0.5) is 10.5 Å². The second-order valence-electron chi connectivity index (χ2n) is 6.48. The quantitative estimate of drug-likeness (QED) is 0.860. The summed E-state index contributed by atoms with van der Waals surface area (Å²) in [5, 5.41) is 2.27. The molecule has 0 aliphatic carbocycles. The first-order chi connectivity index (χ1) is 13.0. The number of piperazine rings is 1. The van der Waals surface area contributed by atoms with E-state index in [9.17, 15) is 14.4 Å². The fourth-order valence-corrected chi connectivity index (χ4v) is 3.25. The highest BCUT2D eigenvalue weighted by atomic mass is 16.2. The van der Waals surface area contributed by atoms with E-state index >= 15 is 0 Å². The average Bonchev–Trinajstić information content (AvgIpc) is 2.68. The lowest BCUT2D eigenvalue weighted by molar-refractivity contribution is -0.138. The molecule has 3 rings (SSSR count). The number of anilines is 1. The molecular formula is C20H22N4O3. The summed E-state index contributed by atoms with van der Waals surface area (Å²) in [6.45, 7) is 2.01. The second kappa shape index (κ2) is 7.90. The van der Waals surface area contributed by atoms with E-state index in [1.165, 1.54) is 4.90 Å². The van der Waals surface area contributed by atoms with E-state index in [-0.39, 0.29) is 30.9 Å². The van der Waals surface area contributed by atoms with Crippen molar-refractivity contribution >= 4 is 23.5 Å². The number of nitrogens with one attached hydrogen (secondary N) is 1. The minimum Gasteiger partial charge on any atom is -0.352 e. The largest absolute Gasteiger partial charge is 0.352 e. The van der Waals surface area contributed by atoms with Crippen LogP contribution in [-0.2, 0) is 9.59 Å². The summed E-state index contributed by atoms with van der Waals surface area (Å²) in [6.07, 6.45) is 0. The number of primary amides is 1. The molecule has 27 heavy (non-hydrogen) atoms. The van der Waals surface area contributed by atoms with Crippen molar-refractivity contribution < 1.29 is 14.4 Å². The maximum absolute atomic E-state index is 12.8. The SMILES string of the molecule is C[C@H]1CN(c2ccccc2-c2ccccc2)C(=O)CN1C(=O)CNC(N)=O. The molecule has 0 bridgehead atoms. The zero-order chi connectivity index (χ0) is 19.4. The van der Waals surface area contributed by atoms with Crippen molar-refractivity contribution in [2.75, 3.05) is 24.5 Å². The molecule has 1 fully saturated rings. The van der Waals surface area contributed by atoms with E-state index in [0.29, 0.717) is 6.54 Å². The number of hydrogen-bond acceptors (Lipinski definition) is 3. The van der Waals surface area contributed by atoms with Gasteiger partial charge in [0, 0.05) is 18.2 Å². The average molecular weight is 366 g/mol. The molecule has 0 unspecified atom stereocenters. The maximum Gasteiger partial charge on any atom is 0.312 e. The van der Waals surface area contributed by atoms with E-state index in [1.54, 1.807) is 4.90 Å². The smallest absolute Gasteiger partial charge is 0.312 e. The van der Waals surface area contributed by atoms with E-state index in [2.05, 4.69) is 5.32 Å². The Bertz CT molecular complexity index is 853. The van der Waals surface area contributed by atoms with Crippen molar-refractivity contribution in [3.8, 4) is 11.1 Å². The molecule has 1 atom stereocenters. The molecule has 0 radical (unpaired) electrons. The van der Waals surface area contributed by atoms with Crippen LogP contribution in [0.2, 0.25) is 0 Å². The number of rotatable bonds is 4. The van der Waals surface area contributed by atoms with E-state index in [0.717, 1.165) is 16.8 Å². The number of amides is 4. The molecule has 0 spiro atoms. The number of para-hydroxylation sites is 1. The minimum atomic E-state index is -0.766. The van der Waals surface area contributed by atoms with Crippen LogP contribution in [0.5, 0.6) is 0 Å². The Morgan fingerprint density at radius 2 is 1.78 bits per heavy atom. The van der Waals surface area contributed by atoms with Gasteiger partial charge in [0.25, 0.3) is 0 Å². The van der Waals surface area contributed by atoms with Crippen molar-refractivity contribution in [2.24, 2.45) is 5.73 Å². The monoisotopic (exact) mass is 366 g/mol. The van der Waals surface area contributed by atoms with Crippen molar-refractivity contribution in [2.45, 2.75) is 13.0 Å². The standard InChI is InChI=1S/C20H22N4O3/c1-14-12-24(19(26)13-23(14)18(25)11-22-20(21)27)17-10-6-5-9-16(17)15-7-3-2-4-8-15/h2-10,14H,11-13H2,1H3,(H3,21,22,27)/t14-/m0/s1. The van der Waals surface area contributed by atoms with Crippen LogP contribution in [-0.4, -0.2) is 48.4 Å². The van der Waals surface area contributed by atoms with Gasteiger partial charge in [0.05, 0.1) is 12.2 Å². The van der Waals surface area contributed by atoms with Crippen LogP contribution in [0.3, 0.4) is 0 Å². The Kier molecular flexibility index (Phi) is 5.40. The molecule has 140 valence electrons. The first-order valence-electron chi connectivity index (χ1n) is 8.75. The molecular weight excluding hydrogens is 344 g/mol. The predicted molar refractivity (Wildman–Crippen MR) is 103 cm³/mol. The van der Waals surface area contributed by atoms with Crippen LogP contribution >= 0.6 is 0 Å². The van der Waals surface area contributed by atoms with Gasteiger partial charge < -0.3 is 20.9 Å². The van der Waals surface area contributed by atoms with Gasteiger partial charge in [0.1, 0.15) is 6.54 Å². The molecule has 4 amide bonds. The number of benzene rings is 2. The van der Waals surface area contributed by atoms with Crippen LogP contribution in [0.15, 0.2) is 54.6 Å². The zero-order valence-corrected chi connectivity index (χ0v) is 15.1. The lowest BCUT2D eigenvalue weighted by Crippen LogP contribution is -2.58. The first kappa shape index (κ1) is 18.4. The molecule has 1 heterocycles. The summed E-state index contributed by atoms with van der Waals surface area (Å²) in [5.74, 6) is -0.491. The molecule has 3 N–H and O–H groups in total. The third-order valence-corrected chi connectivity index (χ3v) is 4.60. The number of nitrogens with zero attached hydrogens (tertiary/aromatic N) is 2. The van der Waals surface area contributed by atoms with Gasteiger partial charge in [0.2, 0.25) is 11.8 Å². The minimum absolute atomic E-state index is 0.0381. The van der Waals surface area contributed by atoms with E-state index in [1.807, 2.05) is 61.5 Å². The predicted octanol–water partition coefficient (Wildman–Crippen LogP) is 1.59. The van der Waals surface area contributed by atoms with Crippen molar-refractivity contribution in [3.05, 3.63) is 54.6 Å². The summed E-state index contributed by atoms with van der Waals surface area (Å²) in [6, 6.07) is 16.6. The van der Waals surface area contributed by atoms with Gasteiger partial charge >= 0.3 is 6.03 Å². The summed E-state index contributed by atoms with van der Waals surface area (Å²) in [7, 11) is 0. The highest BCUT2D eigenvalue weighted by Crippen LogP contribution is 2.32. The Hall–Kier alpha value is -3.35. The number of carbonyl (C=O) groups is 3. The molecule has 7 heteroatoms. The molecule has 2 aromatic rings. The van der Waals surface area contributed by atoms with Gasteiger partial charge in [-0.1, -0.05) is 48.5 Å². The third-order valence-electron chi connectivity index (χ3n) is 4.60. The second-order valence-corrected chi connectivity index (χ2v) is 6.48. The maximum atomic E-state index is 12.8. The summed E-state index contributed by atoms with van der Waals surface area (Å²) in [5.41, 5.74) is 7.82. The Labute approximate surface area is 157 Å². The van der Waals surface area contributed by atoms with Crippen LogP contribution in [0, 0.1) is 0 Å². The van der Waals surface area contributed by atoms with Gasteiger partial charge in [-0.3, -0.25) is 9.59 Å². The van der Waals surface area contributed by atoms with Crippen molar-refractivity contribution in [3.63, 3.8) is 0 Å². The number of carbonyl (C=O) groups excluding carboxylic acids is 3. The lowest BCUT2D eigenvalue weighted by Gasteiger charge is -2.40. The normalized spacial score (nSPS) is 16.9. The van der Waals surface area contributed by atoms with Gasteiger partial charge in [-0.2, -0.15) is 0 Å². The third kappa shape index (κ3) is 4.08. The van der Waals surface area contributed by atoms with Crippen molar-refractivity contribution in [1.82, 2.24) is 10.2 Å². The van der Waals surface area contributed by atoms with Gasteiger partial charge in [-0.05, 0) is 18.6 Å². The van der Waals surface area contributed by atoms with Gasteiger partial charge in [-0.15, -0.1) is 0 Å². The fraction of sp³-hybridized carbons (Fsp3) is 0.250. The zero-order valence-electron chi connectivity index (χ0n) is 15.1. The topological polar surface area (TPSA) is 95.7 Å². The number of hydrogen-bond donors (Lipinski definition) is 2. The molecule has 7 nitrogen and oxygen atoms in total. The Morgan fingerprint density at radius 3 is 2.48 bits per heavy atom. The molecule has 1 aliphatic heterocycles. The molecule has 1 aliphatic rings. The fourth-order valence-electron chi connectivity index (χ4n) is 3.25. The van der Waals surface area contributed by atoms with Gasteiger partial charge in [0.15, 0.2) is 0 Å². The van der Waals surface area contributed by atoms with E-state index < -0.39 is 6.03 Å². The van der Waals surface area contributed by atoms with Crippen LogP contribution in [0.1, 0.15) is 6.92 Å². The number of urea groups is 1. The summed E-state index contributed by atoms with van der Waals surface area (Å²) < 4.78 is 0.